The summed E-state index contributed by atoms with van der Waals surface area (Å²) in [7, 11) is 0. The number of benzene rings is 1. The molecule has 21 heavy (non-hydrogen) atoms. The largest absolute Gasteiger partial charge is 0.271 e. The molecule has 0 heterocycles. The molecule has 112 valence electrons. The van der Waals surface area contributed by atoms with Gasteiger partial charge in [0.25, 0.3) is 5.91 Å². The van der Waals surface area contributed by atoms with Crippen molar-refractivity contribution in [2.24, 2.45) is 21.8 Å². The molecule has 4 heteroatoms. The number of fused-ring (bicyclic) bond motifs is 2. The predicted octanol–water partition coefficient (Wildman–Crippen LogP) is 4.27. The zero-order valence-corrected chi connectivity index (χ0v) is 13.5. The highest BCUT2D eigenvalue weighted by atomic mass is 35.5. The first-order chi connectivity index (χ1) is 9.84. The van der Waals surface area contributed by atoms with E-state index < -0.39 is 0 Å². The number of nitrogens with zero attached hydrogens (tertiary/aromatic N) is 1. The molecule has 2 atom stereocenters. The molecule has 2 fully saturated rings. The lowest BCUT2D eigenvalue weighted by Crippen LogP contribution is -2.34. The first-order valence-electron chi connectivity index (χ1n) is 7.47. The van der Waals surface area contributed by atoms with Gasteiger partial charge in [0.1, 0.15) is 0 Å². The van der Waals surface area contributed by atoms with Crippen LogP contribution in [0.25, 0.3) is 0 Å². The Bertz CT molecular complexity index is 606. The van der Waals surface area contributed by atoms with Gasteiger partial charge in [-0.2, -0.15) is 5.10 Å². The second-order valence-electron chi connectivity index (χ2n) is 7.00. The fourth-order valence-corrected chi connectivity index (χ4v) is 4.01. The third-order valence-electron chi connectivity index (χ3n) is 5.91. The minimum absolute atomic E-state index is 0.116. The van der Waals surface area contributed by atoms with E-state index in [9.17, 15) is 4.79 Å². The van der Waals surface area contributed by atoms with Crippen molar-refractivity contribution in [2.75, 3.05) is 0 Å². The van der Waals surface area contributed by atoms with Crippen LogP contribution >= 0.6 is 11.6 Å². The molecule has 0 radical (unpaired) electrons. The average Bonchev–Trinajstić information content (AvgIpc) is 2.78. The number of halogens is 1. The Hall–Kier alpha value is -1.35. The number of rotatable bonds is 2. The minimum atomic E-state index is -0.177. The summed E-state index contributed by atoms with van der Waals surface area (Å²) in [6.45, 7) is 6.94. The van der Waals surface area contributed by atoms with Crippen LogP contribution in [0.2, 0.25) is 5.02 Å². The van der Waals surface area contributed by atoms with E-state index in [0.29, 0.717) is 16.5 Å². The van der Waals surface area contributed by atoms with E-state index in [-0.39, 0.29) is 16.7 Å². The van der Waals surface area contributed by atoms with Crippen LogP contribution in [0.15, 0.2) is 29.4 Å². The fraction of sp³-hybridized carbons (Fsp3) is 0.529. The lowest BCUT2D eigenvalue weighted by Gasteiger charge is -2.34. The Morgan fingerprint density at radius 1 is 1.29 bits per heavy atom. The normalized spacial score (nSPS) is 31.6. The van der Waals surface area contributed by atoms with Gasteiger partial charge in [0, 0.05) is 21.7 Å². The van der Waals surface area contributed by atoms with Crippen molar-refractivity contribution in [3.05, 3.63) is 34.9 Å². The predicted molar refractivity (Wildman–Crippen MR) is 85.6 cm³/mol. The molecule has 1 amide bonds. The van der Waals surface area contributed by atoms with Gasteiger partial charge in [-0.3, -0.25) is 4.79 Å². The van der Waals surface area contributed by atoms with Gasteiger partial charge < -0.3 is 0 Å². The van der Waals surface area contributed by atoms with Crippen LogP contribution in [0.1, 0.15) is 50.4 Å². The molecule has 3 nitrogen and oxygen atoms in total. The summed E-state index contributed by atoms with van der Waals surface area (Å²) < 4.78 is 0. The maximum atomic E-state index is 12.1. The van der Waals surface area contributed by atoms with Gasteiger partial charge in [-0.15, -0.1) is 0 Å². The third-order valence-corrected chi connectivity index (χ3v) is 6.16. The van der Waals surface area contributed by atoms with Crippen LogP contribution in [-0.2, 0) is 0 Å². The molecule has 0 spiro atoms. The average molecular weight is 305 g/mol. The molecule has 2 aliphatic rings. The Morgan fingerprint density at radius 3 is 2.48 bits per heavy atom. The number of hydrogen-bond donors (Lipinski definition) is 1. The zero-order chi connectivity index (χ0) is 15.3. The lowest BCUT2D eigenvalue weighted by molar-refractivity contribution is 0.0954. The summed E-state index contributed by atoms with van der Waals surface area (Å²) in [5.41, 5.74) is 4.83. The standard InChI is InChI=1S/C17H21ClN2O/c1-16(2)12-8-9-17(16,3)14(10-12)19-20-15(21)11-4-6-13(18)7-5-11/h4-7,12H,8-10H2,1-3H3,(H,20,21)/b19-14-/t12-,17+/m1/s1. The summed E-state index contributed by atoms with van der Waals surface area (Å²) in [4.78, 5) is 12.1. The molecular weight excluding hydrogens is 284 g/mol. The summed E-state index contributed by atoms with van der Waals surface area (Å²) >= 11 is 5.83. The Balaban J connectivity index is 1.76. The van der Waals surface area contributed by atoms with Crippen molar-refractivity contribution in [2.45, 2.75) is 40.0 Å². The first kappa shape index (κ1) is 14.6. The number of hydrazone groups is 1. The molecule has 0 unspecified atom stereocenters. The highest BCUT2D eigenvalue weighted by Crippen LogP contribution is 2.63. The number of carbonyl (C=O) groups excluding carboxylic acids is 1. The molecule has 1 N–H and O–H groups in total. The molecule has 1 aromatic carbocycles. The SMILES string of the molecule is CC1(C)[C@@H]2CC[C@@]1(C)/C(=N\NC(=O)c1ccc(Cl)cc1)C2. The quantitative estimate of drug-likeness (QED) is 0.814. The van der Waals surface area contributed by atoms with E-state index in [4.69, 9.17) is 11.6 Å². The molecule has 3 rings (SSSR count). The van der Waals surface area contributed by atoms with Crippen LogP contribution < -0.4 is 5.43 Å². The first-order valence-corrected chi connectivity index (χ1v) is 7.85. The summed E-state index contributed by atoms with van der Waals surface area (Å²) in [5.74, 6) is 0.511. The van der Waals surface area contributed by atoms with E-state index in [1.807, 2.05) is 0 Å². The van der Waals surface area contributed by atoms with E-state index in [1.165, 1.54) is 12.8 Å². The van der Waals surface area contributed by atoms with Gasteiger partial charge in [-0.05, 0) is 54.9 Å². The maximum absolute atomic E-state index is 12.1. The van der Waals surface area contributed by atoms with Gasteiger partial charge in [-0.25, -0.2) is 5.43 Å². The van der Waals surface area contributed by atoms with Crippen molar-refractivity contribution < 1.29 is 4.79 Å². The Kier molecular flexibility index (Phi) is 3.36. The summed E-state index contributed by atoms with van der Waals surface area (Å²) in [5, 5.41) is 5.08. The molecule has 2 aliphatic carbocycles. The van der Waals surface area contributed by atoms with Crippen molar-refractivity contribution in [3.8, 4) is 0 Å². The van der Waals surface area contributed by atoms with E-state index in [2.05, 4.69) is 31.3 Å². The Morgan fingerprint density at radius 2 is 1.95 bits per heavy atom. The van der Waals surface area contributed by atoms with E-state index in [0.717, 1.165) is 12.1 Å². The molecule has 1 aromatic rings. The second kappa shape index (κ2) is 4.84. The van der Waals surface area contributed by atoms with Crippen molar-refractivity contribution >= 4 is 23.2 Å². The fourth-order valence-electron chi connectivity index (χ4n) is 3.88. The molecule has 0 saturated heterocycles. The van der Waals surface area contributed by atoms with Gasteiger partial charge in [0.15, 0.2) is 0 Å². The third kappa shape index (κ3) is 2.18. The van der Waals surface area contributed by atoms with Crippen molar-refractivity contribution in [1.29, 1.82) is 0 Å². The molecule has 2 saturated carbocycles. The van der Waals surface area contributed by atoms with Gasteiger partial charge in [0.2, 0.25) is 0 Å². The van der Waals surface area contributed by atoms with Crippen molar-refractivity contribution in [3.63, 3.8) is 0 Å². The number of carbonyl (C=O) groups is 1. The number of hydrogen-bond acceptors (Lipinski definition) is 2. The summed E-state index contributed by atoms with van der Waals surface area (Å²) in [6, 6.07) is 6.85. The van der Waals surface area contributed by atoms with Gasteiger partial charge >= 0.3 is 0 Å². The molecule has 0 aliphatic heterocycles. The van der Waals surface area contributed by atoms with Crippen molar-refractivity contribution in [1.82, 2.24) is 5.43 Å². The van der Waals surface area contributed by atoms with Crippen LogP contribution in [0, 0.1) is 16.7 Å². The van der Waals surface area contributed by atoms with E-state index in [1.54, 1.807) is 24.3 Å². The highest BCUT2D eigenvalue weighted by Gasteiger charge is 2.59. The summed E-state index contributed by atoms with van der Waals surface area (Å²) in [6.07, 6.45) is 3.44. The molecular formula is C17H21ClN2O. The second-order valence-corrected chi connectivity index (χ2v) is 7.44. The molecule has 2 bridgehead atoms. The number of amides is 1. The lowest BCUT2D eigenvalue weighted by atomic mass is 9.70. The van der Waals surface area contributed by atoms with Gasteiger partial charge in [0.05, 0.1) is 0 Å². The van der Waals surface area contributed by atoms with Crippen LogP contribution in [0.5, 0.6) is 0 Å². The topological polar surface area (TPSA) is 41.5 Å². The van der Waals surface area contributed by atoms with E-state index >= 15 is 0 Å². The Labute approximate surface area is 130 Å². The minimum Gasteiger partial charge on any atom is -0.267 e. The van der Waals surface area contributed by atoms with Crippen LogP contribution in [-0.4, -0.2) is 11.6 Å². The van der Waals surface area contributed by atoms with Crippen LogP contribution in [0.4, 0.5) is 0 Å². The number of nitrogens with one attached hydrogen (secondary N) is 1. The zero-order valence-electron chi connectivity index (χ0n) is 12.7. The van der Waals surface area contributed by atoms with Gasteiger partial charge in [-0.1, -0.05) is 32.4 Å². The monoisotopic (exact) mass is 304 g/mol. The van der Waals surface area contributed by atoms with Crippen LogP contribution in [0.3, 0.4) is 0 Å². The smallest absolute Gasteiger partial charge is 0.267 e. The molecule has 0 aromatic heterocycles. The maximum Gasteiger partial charge on any atom is 0.271 e. The highest BCUT2D eigenvalue weighted by molar-refractivity contribution is 6.30.